The van der Waals surface area contributed by atoms with Crippen LogP contribution in [0.1, 0.15) is 12.5 Å². The fourth-order valence-electron chi connectivity index (χ4n) is 3.50. The van der Waals surface area contributed by atoms with Crippen molar-refractivity contribution in [2.75, 3.05) is 57.2 Å². The Morgan fingerprint density at radius 2 is 1.74 bits per heavy atom. The van der Waals surface area contributed by atoms with Gasteiger partial charge in [-0.05, 0) is 36.8 Å². The Kier molecular flexibility index (Phi) is 7.98. The first-order chi connectivity index (χ1) is 15.1. The lowest BCUT2D eigenvalue weighted by Crippen LogP contribution is -2.52. The van der Waals surface area contributed by atoms with Crippen molar-refractivity contribution < 1.29 is 14.3 Å². The van der Waals surface area contributed by atoms with Gasteiger partial charge in [-0.3, -0.25) is 5.32 Å². The van der Waals surface area contributed by atoms with Crippen LogP contribution in [0.5, 0.6) is 5.75 Å². The van der Waals surface area contributed by atoms with Crippen LogP contribution in [-0.4, -0.2) is 63.9 Å². The van der Waals surface area contributed by atoms with Crippen molar-refractivity contribution >= 4 is 23.4 Å². The molecule has 0 saturated carbocycles. The van der Waals surface area contributed by atoms with Crippen LogP contribution in [0.15, 0.2) is 53.5 Å². The quantitative estimate of drug-likeness (QED) is 0.547. The first-order valence-corrected chi connectivity index (χ1v) is 10.5. The van der Waals surface area contributed by atoms with Gasteiger partial charge in [-0.25, -0.2) is 9.79 Å². The highest BCUT2D eigenvalue weighted by Gasteiger charge is 2.21. The van der Waals surface area contributed by atoms with Gasteiger partial charge in [0.15, 0.2) is 5.96 Å². The molecule has 2 N–H and O–H groups in total. The Morgan fingerprint density at radius 3 is 2.39 bits per heavy atom. The fourth-order valence-corrected chi connectivity index (χ4v) is 3.50. The number of para-hydroxylation sites is 2. The second-order valence-corrected chi connectivity index (χ2v) is 7.13. The van der Waals surface area contributed by atoms with Gasteiger partial charge in [0.05, 0.1) is 26.5 Å². The molecule has 0 spiro atoms. The summed E-state index contributed by atoms with van der Waals surface area (Å²) < 4.78 is 10.1. The Bertz CT molecular complexity index is 877. The smallest absolute Gasteiger partial charge is 0.411 e. The van der Waals surface area contributed by atoms with Crippen LogP contribution in [0, 0.1) is 0 Å². The minimum atomic E-state index is -0.479. The number of methoxy groups -OCH3 is 2. The maximum absolute atomic E-state index is 11.3. The molecule has 8 heteroatoms. The first kappa shape index (κ1) is 22.3. The summed E-state index contributed by atoms with van der Waals surface area (Å²) in [5, 5.41) is 6.05. The van der Waals surface area contributed by atoms with Crippen LogP contribution in [0.4, 0.5) is 16.2 Å². The number of carbonyl (C=O) groups is 1. The molecule has 31 heavy (non-hydrogen) atoms. The Hall–Kier alpha value is -3.42. The number of carbonyl (C=O) groups excluding carboxylic acids is 1. The van der Waals surface area contributed by atoms with Gasteiger partial charge in [-0.2, -0.15) is 0 Å². The second kappa shape index (κ2) is 11.1. The third-order valence-corrected chi connectivity index (χ3v) is 5.14. The molecule has 1 fully saturated rings. The molecule has 166 valence electrons. The molecule has 0 aliphatic carbocycles. The number of nitrogens with zero attached hydrogens (tertiary/aromatic N) is 3. The van der Waals surface area contributed by atoms with E-state index in [-0.39, 0.29) is 0 Å². The lowest BCUT2D eigenvalue weighted by Gasteiger charge is -2.38. The van der Waals surface area contributed by atoms with Crippen LogP contribution in [-0.2, 0) is 11.3 Å². The molecule has 0 aromatic heterocycles. The first-order valence-electron chi connectivity index (χ1n) is 10.5. The number of amides is 1. The van der Waals surface area contributed by atoms with Gasteiger partial charge in [-0.15, -0.1) is 0 Å². The Labute approximate surface area is 183 Å². The molecule has 1 aliphatic heterocycles. The minimum absolute atomic E-state index is 0.479. The third kappa shape index (κ3) is 6.04. The summed E-state index contributed by atoms with van der Waals surface area (Å²) >= 11 is 0. The van der Waals surface area contributed by atoms with E-state index < -0.39 is 6.09 Å². The number of aliphatic imine (C=N–C) groups is 1. The zero-order chi connectivity index (χ0) is 22.1. The maximum Gasteiger partial charge on any atom is 0.411 e. The molecule has 1 heterocycles. The predicted octanol–water partition coefficient (Wildman–Crippen LogP) is 3.16. The van der Waals surface area contributed by atoms with Gasteiger partial charge in [-0.1, -0.05) is 24.3 Å². The van der Waals surface area contributed by atoms with E-state index in [1.807, 2.05) is 42.5 Å². The fraction of sp³-hybridized carbons (Fsp3) is 0.391. The third-order valence-electron chi connectivity index (χ3n) is 5.14. The minimum Gasteiger partial charge on any atom is -0.495 e. The summed E-state index contributed by atoms with van der Waals surface area (Å²) in [7, 11) is 3.06. The molecule has 0 atom stereocenters. The summed E-state index contributed by atoms with van der Waals surface area (Å²) in [6.07, 6.45) is -0.479. The number of rotatable bonds is 6. The van der Waals surface area contributed by atoms with Gasteiger partial charge in [0, 0.05) is 38.4 Å². The monoisotopic (exact) mass is 425 g/mol. The van der Waals surface area contributed by atoms with Crippen molar-refractivity contribution in [3.05, 3.63) is 54.1 Å². The number of anilines is 2. The van der Waals surface area contributed by atoms with Crippen molar-refractivity contribution in [3.63, 3.8) is 0 Å². The van der Waals surface area contributed by atoms with Crippen molar-refractivity contribution in [3.8, 4) is 5.75 Å². The number of guanidine groups is 1. The van der Waals surface area contributed by atoms with E-state index in [1.165, 1.54) is 7.11 Å². The van der Waals surface area contributed by atoms with Crippen molar-refractivity contribution in [2.24, 2.45) is 4.99 Å². The van der Waals surface area contributed by atoms with Crippen molar-refractivity contribution in [1.82, 2.24) is 10.2 Å². The molecule has 0 bridgehead atoms. The molecule has 3 rings (SSSR count). The summed E-state index contributed by atoms with van der Waals surface area (Å²) in [5.74, 6) is 1.82. The van der Waals surface area contributed by atoms with Gasteiger partial charge < -0.3 is 24.6 Å². The van der Waals surface area contributed by atoms with Crippen LogP contribution in [0.25, 0.3) is 0 Å². The van der Waals surface area contributed by atoms with E-state index in [1.54, 1.807) is 7.11 Å². The zero-order valence-electron chi connectivity index (χ0n) is 18.4. The van der Waals surface area contributed by atoms with Gasteiger partial charge in [0.1, 0.15) is 5.75 Å². The van der Waals surface area contributed by atoms with Crippen LogP contribution in [0.2, 0.25) is 0 Å². The van der Waals surface area contributed by atoms with Crippen molar-refractivity contribution in [2.45, 2.75) is 13.5 Å². The number of piperazine rings is 1. The molecule has 1 aliphatic rings. The topological polar surface area (TPSA) is 78.4 Å². The highest BCUT2D eigenvalue weighted by Crippen LogP contribution is 2.28. The molecule has 2 aromatic carbocycles. The van der Waals surface area contributed by atoms with Gasteiger partial charge in [0.2, 0.25) is 0 Å². The lowest BCUT2D eigenvalue weighted by atomic mass is 10.2. The number of nitrogens with one attached hydrogen (secondary N) is 2. The molecule has 8 nitrogen and oxygen atoms in total. The summed E-state index contributed by atoms with van der Waals surface area (Å²) in [6.45, 7) is 7.02. The van der Waals surface area contributed by atoms with E-state index in [2.05, 4.69) is 38.2 Å². The predicted molar refractivity (Wildman–Crippen MR) is 124 cm³/mol. The zero-order valence-corrected chi connectivity index (χ0v) is 18.4. The van der Waals surface area contributed by atoms with E-state index >= 15 is 0 Å². The van der Waals surface area contributed by atoms with Crippen molar-refractivity contribution in [1.29, 1.82) is 0 Å². The van der Waals surface area contributed by atoms with Gasteiger partial charge >= 0.3 is 6.09 Å². The molecule has 0 unspecified atom stereocenters. The second-order valence-electron chi connectivity index (χ2n) is 7.13. The normalized spacial score (nSPS) is 14.2. The number of ether oxygens (including phenoxy) is 2. The molecule has 2 aromatic rings. The number of hydrogen-bond acceptors (Lipinski definition) is 5. The van der Waals surface area contributed by atoms with Crippen LogP contribution < -0.4 is 20.3 Å². The largest absolute Gasteiger partial charge is 0.495 e. The molecular formula is C23H31N5O3. The summed E-state index contributed by atoms with van der Waals surface area (Å²) in [5.41, 5.74) is 2.89. The molecule has 1 saturated heterocycles. The molecular weight excluding hydrogens is 394 g/mol. The van der Waals surface area contributed by atoms with E-state index in [0.29, 0.717) is 12.2 Å². The Morgan fingerprint density at radius 1 is 1.03 bits per heavy atom. The average molecular weight is 426 g/mol. The lowest BCUT2D eigenvalue weighted by molar-refractivity contribution is 0.187. The van der Waals surface area contributed by atoms with E-state index in [9.17, 15) is 4.79 Å². The summed E-state index contributed by atoms with van der Waals surface area (Å²) in [4.78, 5) is 20.8. The van der Waals surface area contributed by atoms with Crippen LogP contribution in [0.3, 0.4) is 0 Å². The maximum atomic E-state index is 11.3. The summed E-state index contributed by atoms with van der Waals surface area (Å²) in [6, 6.07) is 15.7. The van der Waals surface area contributed by atoms with E-state index in [4.69, 9.17) is 9.73 Å². The van der Waals surface area contributed by atoms with Gasteiger partial charge in [0.25, 0.3) is 0 Å². The molecule has 1 amide bonds. The number of benzene rings is 2. The number of hydrogen-bond donors (Lipinski definition) is 2. The Balaban J connectivity index is 1.60. The van der Waals surface area contributed by atoms with E-state index in [0.717, 1.165) is 55.7 Å². The molecule has 0 radical (unpaired) electrons. The average Bonchev–Trinajstić information content (AvgIpc) is 2.82. The highest BCUT2D eigenvalue weighted by molar-refractivity contribution is 5.84. The van der Waals surface area contributed by atoms with Crippen LogP contribution >= 0.6 is 0 Å². The highest BCUT2D eigenvalue weighted by atomic mass is 16.5. The SMILES string of the molecule is CCNC(=NCc1ccc(NC(=O)OC)cc1)N1CCN(c2ccccc2OC)CC1. The standard InChI is InChI=1S/C23H31N5O3/c1-4-24-22(25-17-18-9-11-19(12-10-18)26-23(29)31-3)28-15-13-27(14-16-28)20-7-5-6-8-21(20)30-2/h5-12H,4,13-17H2,1-3H3,(H,24,25)(H,26,29).